The number of hydrogen-bond donors (Lipinski definition) is 2. The van der Waals surface area contributed by atoms with Crippen molar-refractivity contribution < 1.29 is 8.78 Å². The Morgan fingerprint density at radius 3 is 2.88 bits per heavy atom. The summed E-state index contributed by atoms with van der Waals surface area (Å²) in [7, 11) is 2.11. The minimum absolute atomic E-state index is 0.0349. The van der Waals surface area contributed by atoms with Crippen molar-refractivity contribution in [3.05, 3.63) is 42.1 Å². The highest BCUT2D eigenvalue weighted by atomic mass is 19.3. The van der Waals surface area contributed by atoms with E-state index in [4.69, 9.17) is 0 Å². The molecule has 7 heteroatoms. The first-order chi connectivity index (χ1) is 12.6. The Labute approximate surface area is 150 Å². The van der Waals surface area contributed by atoms with Crippen LogP contribution in [0.25, 0.3) is 22.2 Å². The number of rotatable bonds is 4. The van der Waals surface area contributed by atoms with Gasteiger partial charge in [-0.05, 0) is 32.5 Å². The molecule has 0 bridgehead atoms. The van der Waals surface area contributed by atoms with E-state index in [0.717, 1.165) is 36.8 Å². The van der Waals surface area contributed by atoms with Crippen LogP contribution in [0.1, 0.15) is 24.8 Å². The number of halogens is 2. The van der Waals surface area contributed by atoms with Gasteiger partial charge in [0.25, 0.3) is 6.43 Å². The molecule has 2 aromatic heterocycles. The van der Waals surface area contributed by atoms with Gasteiger partial charge in [0.05, 0.1) is 5.52 Å². The molecule has 0 radical (unpaired) electrons. The van der Waals surface area contributed by atoms with E-state index in [1.54, 1.807) is 24.4 Å². The van der Waals surface area contributed by atoms with Gasteiger partial charge in [-0.25, -0.2) is 8.78 Å². The number of H-pyrrole nitrogens is 1. The van der Waals surface area contributed by atoms with Crippen molar-refractivity contribution in [3.8, 4) is 11.3 Å². The predicted molar refractivity (Wildman–Crippen MR) is 98.4 cm³/mol. The molecule has 1 aromatic carbocycles. The summed E-state index contributed by atoms with van der Waals surface area (Å²) in [5, 5.41) is 13.0. The van der Waals surface area contributed by atoms with Crippen molar-refractivity contribution >= 4 is 16.7 Å². The third kappa shape index (κ3) is 3.14. The maximum Gasteiger partial charge on any atom is 0.264 e. The molecule has 0 unspecified atom stereocenters. The van der Waals surface area contributed by atoms with Crippen LogP contribution in [0.4, 0.5) is 14.6 Å². The van der Waals surface area contributed by atoms with Crippen molar-refractivity contribution in [3.63, 3.8) is 0 Å². The standard InChI is InChI=1S/C19H21F2N5/c1-26-10-4-5-12(11-26)23-19-15-8-9-22-16(15)17(24-25-19)13-6-2-3-7-14(13)18(20)21/h2-3,6-9,12,18,22H,4-5,10-11H2,1H3,(H,23,25)/t12-/m1/s1. The molecule has 2 N–H and O–H groups in total. The molecule has 3 aromatic rings. The molecule has 0 amide bonds. The van der Waals surface area contributed by atoms with Crippen LogP contribution in [0.5, 0.6) is 0 Å². The summed E-state index contributed by atoms with van der Waals surface area (Å²) in [5.41, 5.74) is 1.55. The van der Waals surface area contributed by atoms with Gasteiger partial charge in [0.2, 0.25) is 0 Å². The van der Waals surface area contributed by atoms with Gasteiger partial charge in [0.1, 0.15) is 5.69 Å². The van der Waals surface area contributed by atoms with Crippen molar-refractivity contribution in [2.75, 3.05) is 25.5 Å². The first kappa shape index (κ1) is 16.9. The zero-order valence-corrected chi connectivity index (χ0v) is 14.5. The normalized spacial score (nSPS) is 18.5. The van der Waals surface area contributed by atoms with Crippen molar-refractivity contribution in [1.82, 2.24) is 20.1 Å². The number of anilines is 1. The Morgan fingerprint density at radius 1 is 1.23 bits per heavy atom. The molecule has 1 atom stereocenters. The Hall–Kier alpha value is -2.54. The molecule has 5 nitrogen and oxygen atoms in total. The highest BCUT2D eigenvalue weighted by molar-refractivity contribution is 5.98. The van der Waals surface area contributed by atoms with Crippen LogP contribution in [0, 0.1) is 0 Å². The van der Waals surface area contributed by atoms with Gasteiger partial charge < -0.3 is 15.2 Å². The number of nitrogens with one attached hydrogen (secondary N) is 2. The SMILES string of the molecule is CN1CCC[C@@H](Nc2nnc(-c3ccccc3C(F)F)c3[nH]ccc23)C1. The Bertz CT molecular complexity index is 908. The van der Waals surface area contributed by atoms with E-state index in [2.05, 4.69) is 32.4 Å². The molecule has 0 aliphatic carbocycles. The molecular formula is C19H21F2N5. The number of nitrogens with zero attached hydrogens (tertiary/aromatic N) is 3. The first-order valence-electron chi connectivity index (χ1n) is 8.80. The number of alkyl halides is 2. The maximum atomic E-state index is 13.4. The average molecular weight is 357 g/mol. The molecule has 1 aliphatic heterocycles. The van der Waals surface area contributed by atoms with Crippen LogP contribution in [0.2, 0.25) is 0 Å². The Balaban J connectivity index is 1.73. The monoisotopic (exact) mass is 357 g/mol. The van der Waals surface area contributed by atoms with Crippen LogP contribution < -0.4 is 5.32 Å². The van der Waals surface area contributed by atoms with Crippen LogP contribution in [0.3, 0.4) is 0 Å². The number of fused-ring (bicyclic) bond motifs is 1. The molecule has 0 spiro atoms. The van der Waals surface area contributed by atoms with E-state index in [1.807, 2.05) is 6.07 Å². The lowest BCUT2D eigenvalue weighted by atomic mass is 10.0. The summed E-state index contributed by atoms with van der Waals surface area (Å²) in [6, 6.07) is 8.66. The summed E-state index contributed by atoms with van der Waals surface area (Å²) >= 11 is 0. The summed E-state index contributed by atoms with van der Waals surface area (Å²) in [6.45, 7) is 2.05. The average Bonchev–Trinajstić information content (AvgIpc) is 3.12. The molecule has 26 heavy (non-hydrogen) atoms. The number of aromatic nitrogens is 3. The fourth-order valence-electron chi connectivity index (χ4n) is 3.64. The van der Waals surface area contributed by atoms with E-state index in [0.29, 0.717) is 23.1 Å². The van der Waals surface area contributed by atoms with Crippen molar-refractivity contribution in [2.45, 2.75) is 25.3 Å². The molecule has 3 heterocycles. The van der Waals surface area contributed by atoms with Crippen LogP contribution in [-0.2, 0) is 0 Å². The lowest BCUT2D eigenvalue weighted by Gasteiger charge is -2.30. The molecule has 4 rings (SSSR count). The quantitative estimate of drug-likeness (QED) is 0.739. The lowest BCUT2D eigenvalue weighted by Crippen LogP contribution is -2.40. The molecule has 0 saturated carbocycles. The zero-order chi connectivity index (χ0) is 18.1. The van der Waals surface area contributed by atoms with Gasteiger partial charge in [-0.1, -0.05) is 24.3 Å². The predicted octanol–water partition coefficient (Wildman–Crippen LogP) is 4.07. The third-order valence-electron chi connectivity index (χ3n) is 4.91. The maximum absolute atomic E-state index is 13.4. The second-order valence-corrected chi connectivity index (χ2v) is 6.80. The number of aromatic amines is 1. The molecular weight excluding hydrogens is 336 g/mol. The first-order valence-corrected chi connectivity index (χ1v) is 8.80. The molecule has 1 fully saturated rings. The zero-order valence-electron chi connectivity index (χ0n) is 14.5. The number of likely N-dealkylation sites (tertiary alicyclic amines) is 1. The molecule has 1 saturated heterocycles. The number of benzene rings is 1. The topological polar surface area (TPSA) is 56.8 Å². The third-order valence-corrected chi connectivity index (χ3v) is 4.91. The van der Waals surface area contributed by atoms with Crippen LogP contribution in [-0.4, -0.2) is 46.3 Å². The summed E-state index contributed by atoms with van der Waals surface area (Å²) in [6.07, 6.45) is 1.44. The Morgan fingerprint density at radius 2 is 2.08 bits per heavy atom. The van der Waals surface area contributed by atoms with E-state index in [-0.39, 0.29) is 5.56 Å². The van der Waals surface area contributed by atoms with E-state index >= 15 is 0 Å². The minimum atomic E-state index is -2.56. The highest BCUT2D eigenvalue weighted by Crippen LogP contribution is 2.34. The van der Waals surface area contributed by atoms with Crippen molar-refractivity contribution in [1.29, 1.82) is 0 Å². The summed E-state index contributed by atoms with van der Waals surface area (Å²) < 4.78 is 26.8. The second-order valence-electron chi connectivity index (χ2n) is 6.80. The van der Waals surface area contributed by atoms with Gasteiger partial charge in [-0.3, -0.25) is 0 Å². The summed E-state index contributed by atoms with van der Waals surface area (Å²) in [4.78, 5) is 5.43. The number of likely N-dealkylation sites (N-methyl/N-ethyl adjacent to an activating group) is 1. The lowest BCUT2D eigenvalue weighted by molar-refractivity contribution is 0.152. The fourth-order valence-corrected chi connectivity index (χ4v) is 3.64. The van der Waals surface area contributed by atoms with E-state index < -0.39 is 6.43 Å². The second kappa shape index (κ2) is 6.99. The van der Waals surface area contributed by atoms with Gasteiger partial charge in [0, 0.05) is 35.3 Å². The van der Waals surface area contributed by atoms with Gasteiger partial charge >= 0.3 is 0 Å². The highest BCUT2D eigenvalue weighted by Gasteiger charge is 2.21. The number of hydrogen-bond acceptors (Lipinski definition) is 4. The molecule has 1 aliphatic rings. The molecule has 136 valence electrons. The van der Waals surface area contributed by atoms with E-state index in [1.165, 1.54) is 6.07 Å². The Kier molecular flexibility index (Phi) is 4.55. The van der Waals surface area contributed by atoms with Crippen LogP contribution >= 0.6 is 0 Å². The van der Waals surface area contributed by atoms with Gasteiger partial charge in [0.15, 0.2) is 5.82 Å². The van der Waals surface area contributed by atoms with Gasteiger partial charge in [-0.2, -0.15) is 0 Å². The largest absolute Gasteiger partial charge is 0.364 e. The van der Waals surface area contributed by atoms with E-state index in [9.17, 15) is 8.78 Å². The number of piperidine rings is 1. The smallest absolute Gasteiger partial charge is 0.264 e. The van der Waals surface area contributed by atoms with Crippen LogP contribution in [0.15, 0.2) is 36.5 Å². The van der Waals surface area contributed by atoms with Crippen molar-refractivity contribution in [2.24, 2.45) is 0 Å². The summed E-state index contributed by atoms with van der Waals surface area (Å²) in [5.74, 6) is 0.694. The van der Waals surface area contributed by atoms with Gasteiger partial charge in [-0.15, -0.1) is 10.2 Å². The minimum Gasteiger partial charge on any atom is -0.364 e. The fraction of sp³-hybridized carbons (Fsp3) is 0.368.